The predicted molar refractivity (Wildman–Crippen MR) is 147 cm³/mol. The average molecular weight is 542 g/mol. The fourth-order valence-corrected chi connectivity index (χ4v) is 6.33. The Bertz CT molecular complexity index is 1780. The summed E-state index contributed by atoms with van der Waals surface area (Å²) in [4.78, 5) is 20.8. The zero-order valence-electron chi connectivity index (χ0n) is 21.6. The van der Waals surface area contributed by atoms with E-state index in [1.807, 2.05) is 29.9 Å². The number of nitrogens with zero attached hydrogens (tertiary/aromatic N) is 5. The minimum absolute atomic E-state index is 0.183. The van der Waals surface area contributed by atoms with Gasteiger partial charge in [0.25, 0.3) is 10.0 Å². The van der Waals surface area contributed by atoms with Crippen molar-refractivity contribution in [2.45, 2.75) is 43.5 Å². The van der Waals surface area contributed by atoms with E-state index < -0.39 is 10.0 Å². The molecule has 0 N–H and O–H groups in total. The number of hydrogen-bond acceptors (Lipinski definition) is 7. The van der Waals surface area contributed by atoms with Crippen LogP contribution in [0, 0.1) is 6.92 Å². The van der Waals surface area contributed by atoms with Gasteiger partial charge in [0.2, 0.25) is 5.88 Å². The maximum absolute atomic E-state index is 13.7. The zero-order chi connectivity index (χ0) is 27.1. The summed E-state index contributed by atoms with van der Waals surface area (Å²) < 4.78 is 35.8. The van der Waals surface area contributed by atoms with E-state index in [2.05, 4.69) is 15.1 Å². The summed E-state index contributed by atoms with van der Waals surface area (Å²) in [5.74, 6) is 0.768. The third-order valence-electron chi connectivity index (χ3n) is 7.27. The van der Waals surface area contributed by atoms with Crippen molar-refractivity contribution in [3.63, 3.8) is 0 Å². The van der Waals surface area contributed by atoms with Crippen molar-refractivity contribution < 1.29 is 17.9 Å². The number of ether oxygens (including phenoxy) is 1. The van der Waals surface area contributed by atoms with Crippen LogP contribution < -0.4 is 4.74 Å². The Labute approximate surface area is 226 Å². The van der Waals surface area contributed by atoms with Crippen LogP contribution in [-0.2, 0) is 14.8 Å². The third kappa shape index (κ3) is 4.61. The largest absolute Gasteiger partial charge is 0.481 e. The first kappa shape index (κ1) is 25.0. The lowest BCUT2D eigenvalue weighted by molar-refractivity contribution is -0.120. The number of pyridine rings is 2. The maximum atomic E-state index is 13.7. The van der Waals surface area contributed by atoms with Crippen LogP contribution in [0.3, 0.4) is 0 Å². The molecule has 0 amide bonds. The molecule has 1 aromatic carbocycles. The lowest BCUT2D eigenvalue weighted by Crippen LogP contribution is -2.18. The molecular weight excluding hydrogens is 514 g/mol. The van der Waals surface area contributed by atoms with Crippen molar-refractivity contribution >= 4 is 26.8 Å². The van der Waals surface area contributed by atoms with Gasteiger partial charge in [-0.1, -0.05) is 17.7 Å². The highest BCUT2D eigenvalue weighted by atomic mass is 32.2. The topological polar surface area (TPSA) is 109 Å². The maximum Gasteiger partial charge on any atom is 0.269 e. The quantitative estimate of drug-likeness (QED) is 0.291. The Morgan fingerprint density at radius 3 is 2.33 bits per heavy atom. The molecule has 1 aliphatic rings. The van der Waals surface area contributed by atoms with Crippen LogP contribution in [0.2, 0.25) is 0 Å². The van der Waals surface area contributed by atoms with E-state index in [9.17, 15) is 13.2 Å². The van der Waals surface area contributed by atoms with Crippen molar-refractivity contribution in [1.29, 1.82) is 0 Å². The Kier molecular flexibility index (Phi) is 6.26. The number of hydrogen-bond donors (Lipinski definition) is 0. The third-order valence-corrected chi connectivity index (χ3v) is 8.93. The SMILES string of the molecule is COc1ccc(-c2cn(S(=O)(=O)c3ccc(C)cc3)c3ncc(-c4cnn(C5CCC(=O)CC5)c4)cc23)cn1. The number of aromatic nitrogens is 5. The average Bonchev–Trinajstić information content (AvgIpc) is 3.60. The van der Waals surface area contributed by atoms with Gasteiger partial charge in [-0.2, -0.15) is 5.10 Å². The Morgan fingerprint density at radius 1 is 0.897 bits per heavy atom. The molecule has 39 heavy (non-hydrogen) atoms. The first-order chi connectivity index (χ1) is 18.8. The molecule has 0 atom stereocenters. The molecule has 1 fully saturated rings. The van der Waals surface area contributed by atoms with Crippen molar-refractivity contribution in [2.24, 2.45) is 0 Å². The van der Waals surface area contributed by atoms with Gasteiger partial charge in [-0.05, 0) is 44.0 Å². The van der Waals surface area contributed by atoms with Crippen LogP contribution in [0.15, 0.2) is 78.3 Å². The van der Waals surface area contributed by atoms with Crippen molar-refractivity contribution in [3.8, 4) is 28.1 Å². The highest BCUT2D eigenvalue weighted by molar-refractivity contribution is 7.90. The lowest BCUT2D eigenvalue weighted by atomic mass is 9.94. The molecule has 9 nitrogen and oxygen atoms in total. The van der Waals surface area contributed by atoms with E-state index in [0.717, 1.165) is 35.1 Å². The van der Waals surface area contributed by atoms with E-state index in [1.165, 1.54) is 3.97 Å². The lowest BCUT2D eigenvalue weighted by Gasteiger charge is -2.21. The van der Waals surface area contributed by atoms with Gasteiger partial charge in [0.05, 0.1) is 24.2 Å². The van der Waals surface area contributed by atoms with Crippen LogP contribution >= 0.6 is 0 Å². The van der Waals surface area contributed by atoms with Crippen LogP contribution in [-0.4, -0.2) is 45.0 Å². The summed E-state index contributed by atoms with van der Waals surface area (Å²) in [7, 11) is -2.36. The molecular formula is C29H27N5O4S. The van der Waals surface area contributed by atoms with Gasteiger partial charge in [0.15, 0.2) is 5.65 Å². The second-order valence-corrected chi connectivity index (χ2v) is 11.6. The second-order valence-electron chi connectivity index (χ2n) is 9.82. The number of fused-ring (bicyclic) bond motifs is 1. The summed E-state index contributed by atoms with van der Waals surface area (Å²) in [5, 5.41) is 5.24. The van der Waals surface area contributed by atoms with Crippen molar-refractivity contribution in [2.75, 3.05) is 7.11 Å². The van der Waals surface area contributed by atoms with Crippen molar-refractivity contribution in [3.05, 3.63) is 79.0 Å². The fourth-order valence-electron chi connectivity index (χ4n) is 5.01. The number of aryl methyl sites for hydroxylation is 1. The molecule has 1 saturated carbocycles. The summed E-state index contributed by atoms with van der Waals surface area (Å²) >= 11 is 0. The highest BCUT2D eigenvalue weighted by Crippen LogP contribution is 2.35. The molecule has 6 rings (SSSR count). The van der Waals surface area contributed by atoms with Crippen LogP contribution in [0.4, 0.5) is 0 Å². The van der Waals surface area contributed by atoms with Gasteiger partial charge in [0, 0.05) is 71.3 Å². The number of rotatable bonds is 6. The van der Waals surface area contributed by atoms with Crippen LogP contribution in [0.1, 0.15) is 37.3 Å². The van der Waals surface area contributed by atoms with Crippen molar-refractivity contribution in [1.82, 2.24) is 23.7 Å². The second kappa shape index (κ2) is 9.77. The first-order valence-corrected chi connectivity index (χ1v) is 14.2. The predicted octanol–water partition coefficient (Wildman–Crippen LogP) is 5.20. The van der Waals surface area contributed by atoms with E-state index in [4.69, 9.17) is 4.74 Å². The highest BCUT2D eigenvalue weighted by Gasteiger charge is 2.24. The van der Waals surface area contributed by atoms with E-state index in [1.54, 1.807) is 62.2 Å². The van der Waals surface area contributed by atoms with Crippen LogP contribution in [0.5, 0.6) is 5.88 Å². The minimum Gasteiger partial charge on any atom is -0.481 e. The monoisotopic (exact) mass is 541 g/mol. The van der Waals surface area contributed by atoms with Crippen LogP contribution in [0.25, 0.3) is 33.3 Å². The summed E-state index contributed by atoms with van der Waals surface area (Å²) in [5.41, 5.74) is 4.40. The first-order valence-electron chi connectivity index (χ1n) is 12.7. The fraction of sp³-hybridized carbons (Fsp3) is 0.241. The molecule has 0 saturated heterocycles. The van der Waals surface area contributed by atoms with Gasteiger partial charge >= 0.3 is 0 Å². The molecule has 4 aromatic heterocycles. The Balaban J connectivity index is 1.47. The number of carbonyl (C=O) groups excluding carboxylic acids is 1. The molecule has 0 radical (unpaired) electrons. The number of ketones is 1. The molecule has 1 aliphatic carbocycles. The molecule has 0 aliphatic heterocycles. The molecule has 10 heteroatoms. The molecule has 0 bridgehead atoms. The zero-order valence-corrected chi connectivity index (χ0v) is 22.4. The van der Waals surface area contributed by atoms with Gasteiger partial charge in [-0.3, -0.25) is 9.48 Å². The minimum atomic E-state index is -3.91. The Morgan fingerprint density at radius 2 is 1.64 bits per heavy atom. The summed E-state index contributed by atoms with van der Waals surface area (Å²) in [6, 6.07) is 12.5. The molecule has 0 spiro atoms. The van der Waals surface area contributed by atoms with Gasteiger partial charge < -0.3 is 4.74 Å². The van der Waals surface area contributed by atoms with E-state index in [0.29, 0.717) is 41.1 Å². The molecule has 0 unspecified atom stereocenters. The number of methoxy groups -OCH3 is 1. The number of benzene rings is 1. The number of Topliss-reactive ketones (excluding diaryl/α,β-unsaturated/α-hetero) is 1. The van der Waals surface area contributed by atoms with Gasteiger partial charge in [-0.15, -0.1) is 0 Å². The normalized spacial score (nSPS) is 14.7. The Hall–Kier alpha value is -4.31. The summed E-state index contributed by atoms with van der Waals surface area (Å²) in [6.07, 6.45) is 11.4. The number of carbonyl (C=O) groups is 1. The van der Waals surface area contributed by atoms with Gasteiger partial charge in [0.1, 0.15) is 5.78 Å². The molecule has 198 valence electrons. The molecule has 5 aromatic rings. The van der Waals surface area contributed by atoms with Gasteiger partial charge in [-0.25, -0.2) is 22.4 Å². The summed E-state index contributed by atoms with van der Waals surface area (Å²) in [6.45, 7) is 1.91. The van der Waals surface area contributed by atoms with E-state index in [-0.39, 0.29) is 10.9 Å². The standard InChI is InChI=1S/C29H27N5O4S/c1-19-3-10-25(11-4-19)39(36,37)34-18-27(20-5-12-28(38-2)30-14-20)26-13-21(15-31-29(26)34)22-16-32-33(17-22)23-6-8-24(35)9-7-23/h3-5,10-18,23H,6-9H2,1-2H3. The molecule has 4 heterocycles. The van der Waals surface area contributed by atoms with E-state index >= 15 is 0 Å². The smallest absolute Gasteiger partial charge is 0.269 e.